The van der Waals surface area contributed by atoms with Crippen LogP contribution in [0.25, 0.3) is 0 Å². The van der Waals surface area contributed by atoms with Crippen molar-refractivity contribution in [2.75, 3.05) is 12.3 Å². The molecule has 1 aromatic carbocycles. The summed E-state index contributed by atoms with van der Waals surface area (Å²) in [6, 6.07) is 6.14. The highest BCUT2D eigenvalue weighted by atomic mass is 16.3. The Hall–Kier alpha value is -1.22. The largest absolute Gasteiger partial charge is 0.506 e. The molecule has 94 valence electrons. The third-order valence-corrected chi connectivity index (χ3v) is 3.98. The van der Waals surface area contributed by atoms with Crippen LogP contribution < -0.4 is 5.73 Å². The van der Waals surface area contributed by atoms with E-state index in [4.69, 9.17) is 5.73 Å². The number of hydrogen-bond acceptors (Lipinski definition) is 3. The summed E-state index contributed by atoms with van der Waals surface area (Å²) >= 11 is 0. The van der Waals surface area contributed by atoms with Crippen molar-refractivity contribution in [2.24, 2.45) is 5.92 Å². The molecule has 0 radical (unpaired) electrons. The lowest BCUT2D eigenvalue weighted by Crippen LogP contribution is -2.41. The van der Waals surface area contributed by atoms with Gasteiger partial charge in [0, 0.05) is 12.6 Å². The molecule has 0 amide bonds. The Bertz CT molecular complexity index is 392. The minimum Gasteiger partial charge on any atom is -0.506 e. The van der Waals surface area contributed by atoms with E-state index in [1.807, 2.05) is 12.1 Å². The van der Waals surface area contributed by atoms with Crippen LogP contribution in [0.5, 0.6) is 5.75 Å². The topological polar surface area (TPSA) is 49.5 Å². The van der Waals surface area contributed by atoms with Crippen LogP contribution in [0.2, 0.25) is 0 Å². The number of likely N-dealkylation sites (tertiary alicyclic amines) is 1. The van der Waals surface area contributed by atoms with E-state index < -0.39 is 0 Å². The van der Waals surface area contributed by atoms with Crippen molar-refractivity contribution < 1.29 is 5.11 Å². The van der Waals surface area contributed by atoms with Gasteiger partial charge in [0.15, 0.2) is 0 Å². The Morgan fingerprint density at radius 3 is 2.88 bits per heavy atom. The molecule has 1 aliphatic heterocycles. The summed E-state index contributed by atoms with van der Waals surface area (Å²) in [5.74, 6) is 0.937. The molecule has 0 spiro atoms. The molecule has 2 atom stereocenters. The third-order valence-electron chi connectivity index (χ3n) is 3.98. The summed E-state index contributed by atoms with van der Waals surface area (Å²) in [7, 11) is 0. The van der Waals surface area contributed by atoms with Gasteiger partial charge < -0.3 is 10.8 Å². The summed E-state index contributed by atoms with van der Waals surface area (Å²) < 4.78 is 0. The van der Waals surface area contributed by atoms with Crippen LogP contribution in [-0.2, 0) is 6.54 Å². The lowest BCUT2D eigenvalue weighted by molar-refractivity contribution is 0.106. The van der Waals surface area contributed by atoms with Crippen LogP contribution in [0, 0.1) is 5.92 Å². The maximum Gasteiger partial charge on any atom is 0.138 e. The highest BCUT2D eigenvalue weighted by Gasteiger charge is 2.24. The molecule has 0 saturated carbocycles. The van der Waals surface area contributed by atoms with E-state index >= 15 is 0 Å². The summed E-state index contributed by atoms with van der Waals surface area (Å²) in [5, 5.41) is 9.41. The Kier molecular flexibility index (Phi) is 3.57. The Morgan fingerprint density at radius 2 is 2.18 bits per heavy atom. The van der Waals surface area contributed by atoms with E-state index in [0.717, 1.165) is 19.0 Å². The lowest BCUT2D eigenvalue weighted by atomic mass is 9.91. The quantitative estimate of drug-likeness (QED) is 0.611. The van der Waals surface area contributed by atoms with Gasteiger partial charge in [0.2, 0.25) is 0 Å². The fourth-order valence-corrected chi connectivity index (χ4v) is 2.58. The minimum atomic E-state index is 0.175. The first kappa shape index (κ1) is 12.2. The van der Waals surface area contributed by atoms with Crippen LogP contribution in [0.3, 0.4) is 0 Å². The number of phenols is 1. The van der Waals surface area contributed by atoms with Crippen molar-refractivity contribution in [3.63, 3.8) is 0 Å². The normalized spacial score (nSPS) is 26.0. The fraction of sp³-hybridized carbons (Fsp3) is 0.571. The van der Waals surface area contributed by atoms with Gasteiger partial charge in [0.1, 0.15) is 5.75 Å². The Labute approximate surface area is 103 Å². The second kappa shape index (κ2) is 4.96. The van der Waals surface area contributed by atoms with Gasteiger partial charge in [-0.2, -0.15) is 0 Å². The van der Waals surface area contributed by atoms with Crippen LogP contribution in [0.4, 0.5) is 5.69 Å². The second-order valence-corrected chi connectivity index (χ2v) is 5.22. The molecular formula is C14H22N2O. The minimum absolute atomic E-state index is 0.175. The smallest absolute Gasteiger partial charge is 0.138 e. The summed E-state index contributed by atoms with van der Waals surface area (Å²) in [6.07, 6.45) is 2.61. The summed E-state index contributed by atoms with van der Waals surface area (Å²) in [6.45, 7) is 6.71. The molecule has 17 heavy (non-hydrogen) atoms. The zero-order valence-electron chi connectivity index (χ0n) is 10.7. The molecule has 3 nitrogen and oxygen atoms in total. The third kappa shape index (κ3) is 2.72. The average Bonchev–Trinajstić information content (AvgIpc) is 2.30. The molecule has 1 heterocycles. The zero-order chi connectivity index (χ0) is 12.4. The van der Waals surface area contributed by atoms with E-state index in [0.29, 0.717) is 11.7 Å². The van der Waals surface area contributed by atoms with Crippen molar-refractivity contribution >= 4 is 5.69 Å². The fourth-order valence-electron chi connectivity index (χ4n) is 2.58. The molecule has 2 rings (SSSR count). The van der Waals surface area contributed by atoms with Crippen molar-refractivity contribution in [3.05, 3.63) is 23.8 Å². The van der Waals surface area contributed by atoms with Crippen molar-refractivity contribution in [1.29, 1.82) is 0 Å². The predicted molar refractivity (Wildman–Crippen MR) is 70.8 cm³/mol. The first-order valence-corrected chi connectivity index (χ1v) is 6.39. The van der Waals surface area contributed by atoms with E-state index in [1.165, 1.54) is 18.4 Å². The summed E-state index contributed by atoms with van der Waals surface area (Å²) in [4.78, 5) is 2.50. The highest BCUT2D eigenvalue weighted by Crippen LogP contribution is 2.26. The van der Waals surface area contributed by atoms with E-state index in [2.05, 4.69) is 18.7 Å². The van der Waals surface area contributed by atoms with Crippen molar-refractivity contribution in [3.8, 4) is 5.75 Å². The van der Waals surface area contributed by atoms with E-state index in [1.54, 1.807) is 6.07 Å². The molecule has 1 saturated heterocycles. The summed E-state index contributed by atoms with van der Waals surface area (Å²) in [5.41, 5.74) is 7.37. The SMILES string of the molecule is CC1CCCN(Cc2ccc(O)c(N)c2)C1C. The maximum atomic E-state index is 9.41. The second-order valence-electron chi connectivity index (χ2n) is 5.22. The van der Waals surface area contributed by atoms with Crippen LogP contribution in [0.15, 0.2) is 18.2 Å². The standard InChI is InChI=1S/C14H22N2O/c1-10-4-3-7-16(11(10)2)9-12-5-6-14(17)13(15)8-12/h5-6,8,10-11,17H,3-4,7,9,15H2,1-2H3. The molecule has 3 N–H and O–H groups in total. The van der Waals surface area contributed by atoms with Gasteiger partial charge in [-0.3, -0.25) is 4.90 Å². The number of piperidine rings is 1. The predicted octanol–water partition coefficient (Wildman–Crippen LogP) is 2.59. The lowest BCUT2D eigenvalue weighted by Gasteiger charge is -2.38. The van der Waals surface area contributed by atoms with Crippen molar-refractivity contribution in [2.45, 2.75) is 39.3 Å². The average molecular weight is 234 g/mol. The van der Waals surface area contributed by atoms with Gasteiger partial charge in [-0.05, 0) is 49.9 Å². The number of hydrogen-bond donors (Lipinski definition) is 2. The number of nitrogen functional groups attached to an aromatic ring is 1. The van der Waals surface area contributed by atoms with Gasteiger partial charge in [-0.25, -0.2) is 0 Å². The molecule has 3 heteroatoms. The van der Waals surface area contributed by atoms with Crippen LogP contribution in [0.1, 0.15) is 32.3 Å². The number of anilines is 1. The molecule has 1 aromatic rings. The zero-order valence-corrected chi connectivity index (χ0v) is 10.7. The monoisotopic (exact) mass is 234 g/mol. The van der Waals surface area contributed by atoms with Gasteiger partial charge in [0.25, 0.3) is 0 Å². The number of rotatable bonds is 2. The molecule has 2 unspecified atom stereocenters. The van der Waals surface area contributed by atoms with Gasteiger partial charge in [-0.15, -0.1) is 0 Å². The number of benzene rings is 1. The van der Waals surface area contributed by atoms with Crippen LogP contribution in [-0.4, -0.2) is 22.6 Å². The number of aromatic hydroxyl groups is 1. The molecule has 0 aliphatic carbocycles. The molecule has 0 bridgehead atoms. The van der Waals surface area contributed by atoms with Crippen LogP contribution >= 0.6 is 0 Å². The number of phenolic OH excluding ortho intramolecular Hbond substituents is 1. The van der Waals surface area contributed by atoms with Gasteiger partial charge in [-0.1, -0.05) is 13.0 Å². The molecule has 0 aromatic heterocycles. The van der Waals surface area contributed by atoms with E-state index in [-0.39, 0.29) is 5.75 Å². The Morgan fingerprint density at radius 1 is 1.41 bits per heavy atom. The van der Waals surface area contributed by atoms with E-state index in [9.17, 15) is 5.11 Å². The Balaban J connectivity index is 2.07. The molecule has 1 fully saturated rings. The number of nitrogens with two attached hydrogens (primary N) is 1. The van der Waals surface area contributed by atoms with Gasteiger partial charge >= 0.3 is 0 Å². The maximum absolute atomic E-state index is 9.41. The highest BCUT2D eigenvalue weighted by molar-refractivity contribution is 5.53. The number of nitrogens with zero attached hydrogens (tertiary/aromatic N) is 1. The molecule has 1 aliphatic rings. The molecular weight excluding hydrogens is 212 g/mol. The first-order chi connectivity index (χ1) is 8.08. The van der Waals surface area contributed by atoms with Crippen molar-refractivity contribution in [1.82, 2.24) is 4.90 Å². The first-order valence-electron chi connectivity index (χ1n) is 6.39. The van der Waals surface area contributed by atoms with Gasteiger partial charge in [0.05, 0.1) is 5.69 Å².